The molecule has 1 aromatic carbocycles. The summed E-state index contributed by atoms with van der Waals surface area (Å²) in [5.74, 6) is 0. The van der Waals surface area contributed by atoms with Crippen molar-refractivity contribution in [2.24, 2.45) is 0 Å². The maximum atomic E-state index is 9.13. The zero-order valence-electron chi connectivity index (χ0n) is 7.12. The van der Waals surface area contributed by atoms with Gasteiger partial charge in [0, 0.05) is 13.7 Å². The molecule has 1 aromatic heterocycles. The molecule has 0 aliphatic rings. The van der Waals surface area contributed by atoms with Crippen molar-refractivity contribution in [3.8, 4) is 6.07 Å². The van der Waals surface area contributed by atoms with Gasteiger partial charge in [-0.2, -0.15) is 5.26 Å². The average Bonchev–Trinajstić information content (AvgIpc) is 2.68. The number of rotatable bonds is 1. The van der Waals surface area contributed by atoms with Crippen molar-refractivity contribution in [2.45, 2.75) is 6.61 Å². The summed E-state index contributed by atoms with van der Waals surface area (Å²) >= 11 is 3.81. The van der Waals surface area contributed by atoms with E-state index < -0.39 is 0 Å². The summed E-state index contributed by atoms with van der Waals surface area (Å²) < 4.78 is 2.14. The maximum absolute atomic E-state index is 9.13. The van der Waals surface area contributed by atoms with Crippen LogP contribution in [0.25, 0.3) is 10.1 Å². The van der Waals surface area contributed by atoms with Crippen molar-refractivity contribution in [2.75, 3.05) is 0 Å². The van der Waals surface area contributed by atoms with E-state index in [1.165, 1.54) is 0 Å². The highest BCUT2D eigenvalue weighted by atomic mass is 127. The number of halogens is 1. The largest absolute Gasteiger partial charge is 0.392 e. The number of benzene rings is 1. The molecule has 1 heterocycles. The van der Waals surface area contributed by atoms with Crippen molar-refractivity contribution in [1.29, 1.82) is 5.26 Å². The first-order chi connectivity index (χ1) is 6.77. The molecular weight excluding hydrogens is 309 g/mol. The zero-order valence-corrected chi connectivity index (χ0v) is 10.1. The van der Waals surface area contributed by atoms with Crippen molar-refractivity contribution in [3.05, 3.63) is 32.2 Å². The van der Waals surface area contributed by atoms with Gasteiger partial charge in [-0.15, -0.1) is 11.3 Å². The second-order valence-electron chi connectivity index (χ2n) is 2.83. The van der Waals surface area contributed by atoms with Crippen LogP contribution in [-0.2, 0) is 6.61 Å². The highest BCUT2D eigenvalue weighted by Crippen LogP contribution is 2.31. The standard InChI is InChI=1S/C10H6INOS/c11-9-7(5-13)3-6(4-12)8-1-2-14-10(8)9/h1-3,13H,5H2. The molecule has 0 aliphatic heterocycles. The van der Waals surface area contributed by atoms with Gasteiger partial charge in [0.2, 0.25) is 0 Å². The maximum Gasteiger partial charge on any atom is 0.0998 e. The van der Waals surface area contributed by atoms with Crippen molar-refractivity contribution in [1.82, 2.24) is 0 Å². The average molecular weight is 315 g/mol. The molecular formula is C10H6INOS. The minimum absolute atomic E-state index is 0.0131. The first-order valence-electron chi connectivity index (χ1n) is 3.97. The van der Waals surface area contributed by atoms with Crippen molar-refractivity contribution >= 4 is 44.0 Å². The highest BCUT2D eigenvalue weighted by Gasteiger charge is 2.10. The second-order valence-corrected chi connectivity index (χ2v) is 4.83. The van der Waals surface area contributed by atoms with Crippen molar-refractivity contribution < 1.29 is 5.11 Å². The van der Waals surface area contributed by atoms with Crippen LogP contribution in [-0.4, -0.2) is 5.11 Å². The Hall–Kier alpha value is -0.640. The summed E-state index contributed by atoms with van der Waals surface area (Å²) in [6.07, 6.45) is 0. The fourth-order valence-electron chi connectivity index (χ4n) is 1.36. The molecule has 1 N–H and O–H groups in total. The van der Waals surface area contributed by atoms with E-state index in [1.54, 1.807) is 17.4 Å². The number of nitrogens with zero attached hydrogens (tertiary/aromatic N) is 1. The van der Waals surface area contributed by atoms with E-state index in [4.69, 9.17) is 10.4 Å². The van der Waals surface area contributed by atoms with Gasteiger partial charge >= 0.3 is 0 Å². The topological polar surface area (TPSA) is 44.0 Å². The molecule has 0 unspecified atom stereocenters. The van der Waals surface area contributed by atoms with Crippen LogP contribution in [0.5, 0.6) is 0 Å². The Bertz CT molecular complexity index is 527. The van der Waals surface area contributed by atoms with E-state index in [-0.39, 0.29) is 6.61 Å². The van der Waals surface area contributed by atoms with Gasteiger partial charge in [-0.1, -0.05) is 0 Å². The molecule has 0 aliphatic carbocycles. The lowest BCUT2D eigenvalue weighted by Gasteiger charge is -2.03. The van der Waals surface area contributed by atoms with Gasteiger partial charge in [-0.3, -0.25) is 0 Å². The molecule has 14 heavy (non-hydrogen) atoms. The molecule has 0 amide bonds. The van der Waals surface area contributed by atoms with Crippen molar-refractivity contribution in [3.63, 3.8) is 0 Å². The lowest BCUT2D eigenvalue weighted by Crippen LogP contribution is -1.90. The Morgan fingerprint density at radius 2 is 2.36 bits per heavy atom. The lowest BCUT2D eigenvalue weighted by molar-refractivity contribution is 0.281. The lowest BCUT2D eigenvalue weighted by atomic mass is 10.1. The first kappa shape index (κ1) is 9.90. The predicted octanol–water partition coefficient (Wildman–Crippen LogP) is 2.87. The Labute approximate surface area is 98.9 Å². The molecule has 0 saturated heterocycles. The van der Waals surface area contributed by atoms with Gasteiger partial charge in [-0.05, 0) is 45.7 Å². The van der Waals surface area contributed by atoms with Crippen LogP contribution < -0.4 is 0 Å². The molecule has 0 radical (unpaired) electrons. The number of hydrogen-bond acceptors (Lipinski definition) is 3. The van der Waals surface area contributed by atoms with Crippen LogP contribution in [0.15, 0.2) is 17.5 Å². The van der Waals surface area contributed by atoms with Gasteiger partial charge in [0.25, 0.3) is 0 Å². The van der Waals surface area contributed by atoms with Gasteiger partial charge in [0.1, 0.15) is 0 Å². The molecule has 0 saturated carbocycles. The van der Waals surface area contributed by atoms with Crippen LogP contribution in [0.4, 0.5) is 0 Å². The quantitative estimate of drug-likeness (QED) is 0.823. The fraction of sp³-hybridized carbons (Fsp3) is 0.100. The Kier molecular flexibility index (Phi) is 2.72. The van der Waals surface area contributed by atoms with E-state index in [0.717, 1.165) is 19.2 Å². The van der Waals surface area contributed by atoms with E-state index in [2.05, 4.69) is 28.7 Å². The second kappa shape index (κ2) is 3.85. The molecule has 0 spiro atoms. The SMILES string of the molecule is N#Cc1cc(CO)c(I)c2sccc12. The fourth-order valence-corrected chi connectivity index (χ4v) is 3.24. The number of nitriles is 1. The highest BCUT2D eigenvalue weighted by molar-refractivity contribution is 14.1. The van der Waals surface area contributed by atoms with E-state index >= 15 is 0 Å². The Morgan fingerprint density at radius 3 is 3.00 bits per heavy atom. The van der Waals surface area contributed by atoms with Gasteiger partial charge < -0.3 is 5.11 Å². The Balaban J connectivity index is 2.89. The zero-order chi connectivity index (χ0) is 10.1. The number of fused-ring (bicyclic) bond motifs is 1. The van der Waals surface area contributed by atoms with E-state index in [9.17, 15) is 0 Å². The van der Waals surface area contributed by atoms with Gasteiger partial charge in [0.05, 0.1) is 18.2 Å². The molecule has 4 heteroatoms. The van der Waals surface area contributed by atoms with E-state index in [0.29, 0.717) is 5.56 Å². The molecule has 2 aromatic rings. The van der Waals surface area contributed by atoms with E-state index in [1.807, 2.05) is 11.4 Å². The van der Waals surface area contributed by atoms with Crippen LogP contribution in [0.2, 0.25) is 0 Å². The first-order valence-corrected chi connectivity index (χ1v) is 5.93. The van der Waals surface area contributed by atoms with Gasteiger partial charge in [-0.25, -0.2) is 0 Å². The number of hydrogen-bond donors (Lipinski definition) is 1. The van der Waals surface area contributed by atoms with Crippen LogP contribution in [0.1, 0.15) is 11.1 Å². The minimum Gasteiger partial charge on any atom is -0.392 e. The third-order valence-corrected chi connectivity index (χ3v) is 4.58. The van der Waals surface area contributed by atoms with Crippen LogP contribution >= 0.6 is 33.9 Å². The summed E-state index contributed by atoms with van der Waals surface area (Å²) in [5, 5.41) is 21.0. The monoisotopic (exact) mass is 315 g/mol. The third kappa shape index (κ3) is 1.41. The summed E-state index contributed by atoms with van der Waals surface area (Å²) in [6, 6.07) is 5.86. The number of aliphatic hydroxyl groups excluding tert-OH is 1. The molecule has 0 bridgehead atoms. The third-order valence-electron chi connectivity index (χ3n) is 2.05. The normalized spacial score (nSPS) is 10.4. The molecule has 0 atom stereocenters. The molecule has 0 fully saturated rings. The summed E-state index contributed by atoms with van der Waals surface area (Å²) in [6.45, 7) is -0.0131. The minimum atomic E-state index is -0.0131. The smallest absolute Gasteiger partial charge is 0.0998 e. The molecule has 70 valence electrons. The number of thiophene rings is 1. The predicted molar refractivity (Wildman–Crippen MR) is 65.2 cm³/mol. The molecule has 2 nitrogen and oxygen atoms in total. The summed E-state index contributed by atoms with van der Waals surface area (Å²) in [7, 11) is 0. The van der Waals surface area contributed by atoms with Gasteiger partial charge in [0.15, 0.2) is 0 Å². The Morgan fingerprint density at radius 1 is 1.57 bits per heavy atom. The summed E-state index contributed by atoms with van der Waals surface area (Å²) in [4.78, 5) is 0. The molecule has 2 rings (SSSR count). The number of aliphatic hydroxyl groups is 1. The summed E-state index contributed by atoms with van der Waals surface area (Å²) in [5.41, 5.74) is 1.47. The van der Waals surface area contributed by atoms with Crippen LogP contribution in [0, 0.1) is 14.9 Å². The van der Waals surface area contributed by atoms with Crippen LogP contribution in [0.3, 0.4) is 0 Å².